The summed E-state index contributed by atoms with van der Waals surface area (Å²) in [6.07, 6.45) is 3.98. The van der Waals surface area contributed by atoms with Crippen molar-refractivity contribution in [2.45, 2.75) is 18.5 Å². The first kappa shape index (κ1) is 17.1. The van der Waals surface area contributed by atoms with E-state index < -0.39 is 0 Å². The van der Waals surface area contributed by atoms with Gasteiger partial charge in [0.15, 0.2) is 0 Å². The largest absolute Gasteiger partial charge is 0.338 e. The number of thiophene rings is 1. The number of amides is 2. The Bertz CT molecular complexity index is 759. The summed E-state index contributed by atoms with van der Waals surface area (Å²) in [5.41, 5.74) is 6.94. The van der Waals surface area contributed by atoms with Crippen molar-refractivity contribution in [1.82, 2.24) is 25.6 Å². The molecule has 2 aromatic rings. The van der Waals surface area contributed by atoms with Gasteiger partial charge in [-0.25, -0.2) is 10.9 Å². The Labute approximate surface area is 156 Å². The van der Waals surface area contributed by atoms with Crippen LogP contribution in [-0.4, -0.2) is 58.8 Å². The fourth-order valence-corrected chi connectivity index (χ4v) is 4.21. The Balaban J connectivity index is 1.31. The zero-order valence-electron chi connectivity index (χ0n) is 14.3. The maximum atomic E-state index is 12.8. The van der Waals surface area contributed by atoms with Gasteiger partial charge in [-0.15, -0.1) is 11.3 Å². The molecular formula is C18H21N5O2S. The fourth-order valence-electron chi connectivity index (χ4n) is 3.42. The van der Waals surface area contributed by atoms with Gasteiger partial charge in [0, 0.05) is 43.4 Å². The van der Waals surface area contributed by atoms with Gasteiger partial charge in [0.1, 0.15) is 6.04 Å². The minimum Gasteiger partial charge on any atom is -0.338 e. The predicted molar refractivity (Wildman–Crippen MR) is 98.5 cm³/mol. The minimum atomic E-state index is -0.220. The SMILES string of the molecule is O=C(c1cccnc1)N1CCN(C(=O)C2CC(c3cccs3)NN2)CC1. The van der Waals surface area contributed by atoms with E-state index in [2.05, 4.69) is 21.9 Å². The summed E-state index contributed by atoms with van der Waals surface area (Å²) >= 11 is 1.69. The maximum absolute atomic E-state index is 12.8. The van der Waals surface area contributed by atoms with Crippen molar-refractivity contribution in [3.63, 3.8) is 0 Å². The number of carbonyl (C=O) groups excluding carboxylic acids is 2. The van der Waals surface area contributed by atoms with Crippen molar-refractivity contribution >= 4 is 23.2 Å². The topological polar surface area (TPSA) is 77.6 Å². The van der Waals surface area contributed by atoms with Crippen LogP contribution in [0.3, 0.4) is 0 Å². The van der Waals surface area contributed by atoms with E-state index in [1.54, 1.807) is 40.8 Å². The molecule has 2 fully saturated rings. The molecule has 0 radical (unpaired) electrons. The van der Waals surface area contributed by atoms with Gasteiger partial charge in [-0.2, -0.15) is 0 Å². The van der Waals surface area contributed by atoms with Gasteiger partial charge in [0.2, 0.25) is 5.91 Å². The van der Waals surface area contributed by atoms with Crippen LogP contribution in [-0.2, 0) is 4.79 Å². The van der Waals surface area contributed by atoms with E-state index in [1.165, 1.54) is 4.88 Å². The molecule has 2 aliphatic rings. The normalized spacial score (nSPS) is 23.2. The number of rotatable bonds is 3. The number of piperazine rings is 1. The monoisotopic (exact) mass is 371 g/mol. The summed E-state index contributed by atoms with van der Waals surface area (Å²) in [5, 5.41) is 2.05. The quantitative estimate of drug-likeness (QED) is 0.843. The molecule has 0 aromatic carbocycles. The average Bonchev–Trinajstić information content (AvgIpc) is 3.39. The van der Waals surface area contributed by atoms with Crippen molar-refractivity contribution in [3.05, 3.63) is 52.5 Å². The van der Waals surface area contributed by atoms with Crippen LogP contribution in [0.4, 0.5) is 0 Å². The Kier molecular flexibility index (Phi) is 4.96. The standard InChI is InChI=1S/C18H21N5O2S/c24-17(13-3-1-5-19-12-13)22-6-8-23(9-7-22)18(25)15-11-14(20-21-15)16-4-2-10-26-16/h1-5,10,12,14-15,20-21H,6-9,11H2. The molecule has 2 aromatic heterocycles. The number of nitrogens with zero attached hydrogens (tertiary/aromatic N) is 3. The molecule has 0 bridgehead atoms. The Hall–Kier alpha value is -2.29. The van der Waals surface area contributed by atoms with E-state index in [0.29, 0.717) is 31.7 Å². The molecule has 0 spiro atoms. The number of hydrazine groups is 1. The Morgan fingerprint density at radius 2 is 1.88 bits per heavy atom. The third kappa shape index (κ3) is 3.48. The summed E-state index contributed by atoms with van der Waals surface area (Å²) in [6, 6.07) is 7.59. The Morgan fingerprint density at radius 1 is 1.08 bits per heavy atom. The molecule has 2 amide bonds. The summed E-state index contributed by atoms with van der Waals surface area (Å²) < 4.78 is 0. The van der Waals surface area contributed by atoms with Crippen molar-refractivity contribution in [2.75, 3.05) is 26.2 Å². The van der Waals surface area contributed by atoms with Crippen LogP contribution < -0.4 is 10.9 Å². The second kappa shape index (κ2) is 7.53. The molecule has 4 heterocycles. The highest BCUT2D eigenvalue weighted by atomic mass is 32.1. The highest BCUT2D eigenvalue weighted by molar-refractivity contribution is 7.10. The number of hydrogen-bond donors (Lipinski definition) is 2. The lowest BCUT2D eigenvalue weighted by Crippen LogP contribution is -2.54. The van der Waals surface area contributed by atoms with Gasteiger partial charge in [-0.3, -0.25) is 14.6 Å². The highest BCUT2D eigenvalue weighted by Crippen LogP contribution is 2.26. The molecule has 7 nitrogen and oxygen atoms in total. The molecule has 0 saturated carbocycles. The summed E-state index contributed by atoms with van der Waals surface area (Å²) in [6.45, 7) is 2.22. The van der Waals surface area contributed by atoms with Gasteiger partial charge in [-0.05, 0) is 30.0 Å². The van der Waals surface area contributed by atoms with Crippen LogP contribution in [0.5, 0.6) is 0 Å². The van der Waals surface area contributed by atoms with Crippen LogP contribution in [0.2, 0.25) is 0 Å². The number of nitrogens with one attached hydrogen (secondary N) is 2. The van der Waals surface area contributed by atoms with Crippen LogP contribution in [0.15, 0.2) is 42.0 Å². The number of aromatic nitrogens is 1. The summed E-state index contributed by atoms with van der Waals surface area (Å²) in [7, 11) is 0. The van der Waals surface area contributed by atoms with Gasteiger partial charge in [-0.1, -0.05) is 6.07 Å². The van der Waals surface area contributed by atoms with E-state index >= 15 is 0 Å². The molecule has 2 aliphatic heterocycles. The number of carbonyl (C=O) groups is 2. The molecule has 2 N–H and O–H groups in total. The van der Waals surface area contributed by atoms with Crippen LogP contribution in [0.25, 0.3) is 0 Å². The zero-order chi connectivity index (χ0) is 17.9. The molecule has 136 valence electrons. The average molecular weight is 371 g/mol. The first-order valence-corrected chi connectivity index (χ1v) is 9.63. The molecule has 4 rings (SSSR count). The Morgan fingerprint density at radius 3 is 2.58 bits per heavy atom. The van der Waals surface area contributed by atoms with Gasteiger partial charge >= 0.3 is 0 Å². The van der Waals surface area contributed by atoms with E-state index in [0.717, 1.165) is 6.42 Å². The molecule has 0 aliphatic carbocycles. The smallest absolute Gasteiger partial charge is 0.255 e. The van der Waals surface area contributed by atoms with E-state index in [9.17, 15) is 9.59 Å². The molecular weight excluding hydrogens is 350 g/mol. The fraction of sp³-hybridized carbons (Fsp3) is 0.389. The summed E-state index contributed by atoms with van der Waals surface area (Å²) in [4.78, 5) is 34.1. The van der Waals surface area contributed by atoms with Gasteiger partial charge < -0.3 is 9.80 Å². The van der Waals surface area contributed by atoms with Gasteiger partial charge in [0.25, 0.3) is 5.91 Å². The molecule has 2 unspecified atom stereocenters. The third-order valence-electron chi connectivity index (χ3n) is 4.87. The zero-order valence-corrected chi connectivity index (χ0v) is 15.1. The first-order valence-electron chi connectivity index (χ1n) is 8.75. The second-order valence-electron chi connectivity index (χ2n) is 6.50. The van der Waals surface area contributed by atoms with Crippen molar-refractivity contribution in [1.29, 1.82) is 0 Å². The minimum absolute atomic E-state index is 0.0244. The lowest BCUT2D eigenvalue weighted by Gasteiger charge is -2.35. The van der Waals surface area contributed by atoms with E-state index in [4.69, 9.17) is 0 Å². The molecule has 2 saturated heterocycles. The second-order valence-corrected chi connectivity index (χ2v) is 7.48. The van der Waals surface area contributed by atoms with E-state index in [1.807, 2.05) is 16.3 Å². The molecule has 2 atom stereocenters. The third-order valence-corrected chi connectivity index (χ3v) is 5.86. The maximum Gasteiger partial charge on any atom is 0.255 e. The summed E-state index contributed by atoms with van der Waals surface area (Å²) in [5.74, 6) is 0.0775. The number of pyridine rings is 1. The first-order chi connectivity index (χ1) is 12.7. The van der Waals surface area contributed by atoms with Crippen LogP contribution in [0, 0.1) is 0 Å². The van der Waals surface area contributed by atoms with Crippen molar-refractivity contribution in [2.24, 2.45) is 0 Å². The van der Waals surface area contributed by atoms with Crippen LogP contribution in [0.1, 0.15) is 27.7 Å². The van der Waals surface area contributed by atoms with Crippen LogP contribution >= 0.6 is 11.3 Å². The van der Waals surface area contributed by atoms with Crippen molar-refractivity contribution < 1.29 is 9.59 Å². The molecule has 26 heavy (non-hydrogen) atoms. The lowest BCUT2D eigenvalue weighted by atomic mass is 10.1. The highest BCUT2D eigenvalue weighted by Gasteiger charge is 2.35. The van der Waals surface area contributed by atoms with Crippen molar-refractivity contribution in [3.8, 4) is 0 Å². The van der Waals surface area contributed by atoms with E-state index in [-0.39, 0.29) is 23.9 Å². The lowest BCUT2D eigenvalue weighted by molar-refractivity contribution is -0.134. The predicted octanol–water partition coefficient (Wildman–Crippen LogP) is 1.04. The number of hydrogen-bond acceptors (Lipinski definition) is 6. The molecule has 8 heteroatoms. The van der Waals surface area contributed by atoms with Gasteiger partial charge in [0.05, 0.1) is 11.6 Å².